The molecule has 0 aliphatic rings. The number of nitrogens with zero attached hydrogens (tertiary/aromatic N) is 2. The zero-order valence-corrected chi connectivity index (χ0v) is 15.1. The minimum Gasteiger partial charge on any atom is -0.473 e. The Bertz CT molecular complexity index is 553. The second kappa shape index (κ2) is 10.3. The van der Waals surface area contributed by atoms with Crippen LogP contribution in [0, 0.1) is 5.92 Å². The van der Waals surface area contributed by atoms with Crippen molar-refractivity contribution in [3.63, 3.8) is 0 Å². The van der Waals surface area contributed by atoms with Crippen molar-refractivity contribution in [3.05, 3.63) is 47.7 Å². The van der Waals surface area contributed by atoms with Gasteiger partial charge in [-0.1, -0.05) is 57.0 Å². The maximum atomic E-state index is 6.01. The van der Waals surface area contributed by atoms with E-state index in [4.69, 9.17) is 4.74 Å². The third-order valence-electron chi connectivity index (χ3n) is 3.97. The Balaban J connectivity index is 0.00000264. The molecule has 0 radical (unpaired) electrons. The molecule has 2 aromatic rings. The highest BCUT2D eigenvalue weighted by Gasteiger charge is 2.13. The summed E-state index contributed by atoms with van der Waals surface area (Å²) in [6, 6.07) is 12.3. The summed E-state index contributed by atoms with van der Waals surface area (Å²) in [4.78, 5) is 0. The molecule has 0 saturated carbocycles. The minimum atomic E-state index is 0. The molecule has 1 aromatic heterocycles. The number of halogens is 1. The van der Waals surface area contributed by atoms with Crippen LogP contribution in [0.3, 0.4) is 0 Å². The number of benzene rings is 1. The summed E-state index contributed by atoms with van der Waals surface area (Å²) >= 11 is 0. The van der Waals surface area contributed by atoms with Crippen molar-refractivity contribution in [1.29, 1.82) is 0 Å². The standard InChI is InChI=1S/C18H27N3O.ClH/c1-4-15(5-2)13-21-18(11-17(20-21)12-19-3)22-14-16-9-7-6-8-10-16;/h6-11,15,19H,4-5,12-14H2,1-3H3;1H. The predicted molar refractivity (Wildman–Crippen MR) is 97.1 cm³/mol. The van der Waals surface area contributed by atoms with E-state index in [9.17, 15) is 0 Å². The molecule has 2 rings (SSSR count). The summed E-state index contributed by atoms with van der Waals surface area (Å²) in [5.41, 5.74) is 2.20. The van der Waals surface area contributed by atoms with Gasteiger partial charge in [-0.15, -0.1) is 12.4 Å². The first kappa shape index (κ1) is 19.5. The van der Waals surface area contributed by atoms with Crippen molar-refractivity contribution in [2.24, 2.45) is 5.92 Å². The van der Waals surface area contributed by atoms with Crippen LogP contribution in [-0.2, 0) is 19.7 Å². The van der Waals surface area contributed by atoms with Gasteiger partial charge in [-0.25, -0.2) is 4.68 Å². The first-order valence-corrected chi connectivity index (χ1v) is 8.14. The molecule has 0 amide bonds. The number of ether oxygens (including phenoxy) is 1. The summed E-state index contributed by atoms with van der Waals surface area (Å²) < 4.78 is 8.03. The Kier molecular flexibility index (Phi) is 8.74. The largest absolute Gasteiger partial charge is 0.473 e. The minimum absolute atomic E-state index is 0. The Morgan fingerprint density at radius 3 is 2.48 bits per heavy atom. The van der Waals surface area contributed by atoms with Crippen molar-refractivity contribution >= 4 is 12.4 Å². The van der Waals surface area contributed by atoms with Crippen molar-refractivity contribution in [3.8, 4) is 5.88 Å². The molecule has 5 heteroatoms. The average molecular weight is 338 g/mol. The van der Waals surface area contributed by atoms with Gasteiger partial charge in [-0.3, -0.25) is 0 Å². The van der Waals surface area contributed by atoms with E-state index in [1.165, 1.54) is 5.56 Å². The third kappa shape index (κ3) is 5.88. The lowest BCUT2D eigenvalue weighted by molar-refractivity contribution is 0.258. The molecule has 1 N–H and O–H groups in total. The van der Waals surface area contributed by atoms with E-state index >= 15 is 0 Å². The lowest BCUT2D eigenvalue weighted by Gasteiger charge is -2.15. The number of hydrogen-bond donors (Lipinski definition) is 1. The monoisotopic (exact) mass is 337 g/mol. The van der Waals surface area contributed by atoms with Gasteiger partial charge in [0.2, 0.25) is 5.88 Å². The van der Waals surface area contributed by atoms with E-state index in [2.05, 4.69) is 36.4 Å². The van der Waals surface area contributed by atoms with Gasteiger partial charge in [0, 0.05) is 19.2 Å². The highest BCUT2D eigenvalue weighted by molar-refractivity contribution is 5.85. The first-order chi connectivity index (χ1) is 10.8. The lowest BCUT2D eigenvalue weighted by Crippen LogP contribution is -2.13. The molecule has 1 aromatic carbocycles. The maximum Gasteiger partial charge on any atom is 0.212 e. The summed E-state index contributed by atoms with van der Waals surface area (Å²) in [6.45, 7) is 6.72. The Morgan fingerprint density at radius 1 is 1.17 bits per heavy atom. The van der Waals surface area contributed by atoms with Crippen LogP contribution >= 0.6 is 12.4 Å². The van der Waals surface area contributed by atoms with Gasteiger partial charge >= 0.3 is 0 Å². The topological polar surface area (TPSA) is 39.1 Å². The molecule has 1 heterocycles. The van der Waals surface area contributed by atoms with Gasteiger partial charge in [0.05, 0.1) is 5.69 Å². The second-order valence-electron chi connectivity index (χ2n) is 5.64. The van der Waals surface area contributed by atoms with Gasteiger partial charge in [0.15, 0.2) is 0 Å². The van der Waals surface area contributed by atoms with E-state index in [1.54, 1.807) is 0 Å². The Hall–Kier alpha value is -1.52. The molecule has 0 saturated heterocycles. The van der Waals surface area contributed by atoms with Gasteiger partial charge in [0.1, 0.15) is 6.61 Å². The number of aromatic nitrogens is 2. The molecule has 0 fully saturated rings. The van der Waals surface area contributed by atoms with Crippen molar-refractivity contribution < 1.29 is 4.74 Å². The van der Waals surface area contributed by atoms with Crippen LogP contribution in [0.5, 0.6) is 5.88 Å². The molecule has 4 nitrogen and oxygen atoms in total. The van der Waals surface area contributed by atoms with Crippen LogP contribution in [0.2, 0.25) is 0 Å². The zero-order chi connectivity index (χ0) is 15.8. The van der Waals surface area contributed by atoms with Gasteiger partial charge in [-0.05, 0) is 18.5 Å². The van der Waals surface area contributed by atoms with Crippen molar-refractivity contribution in [2.45, 2.75) is 46.4 Å². The number of hydrogen-bond acceptors (Lipinski definition) is 3. The number of rotatable bonds is 9. The second-order valence-corrected chi connectivity index (χ2v) is 5.64. The summed E-state index contributed by atoms with van der Waals surface area (Å²) in [6.07, 6.45) is 2.33. The van der Waals surface area contributed by atoms with Crippen molar-refractivity contribution in [1.82, 2.24) is 15.1 Å². The fraction of sp³-hybridized carbons (Fsp3) is 0.500. The van der Waals surface area contributed by atoms with Gasteiger partial charge in [0.25, 0.3) is 0 Å². The molecule has 23 heavy (non-hydrogen) atoms. The lowest BCUT2D eigenvalue weighted by atomic mass is 10.0. The van der Waals surface area contributed by atoms with Crippen LogP contribution in [0.25, 0.3) is 0 Å². The first-order valence-electron chi connectivity index (χ1n) is 8.14. The fourth-order valence-electron chi connectivity index (χ4n) is 2.49. The molecule has 0 aliphatic carbocycles. The van der Waals surface area contributed by atoms with Crippen LogP contribution in [0.15, 0.2) is 36.4 Å². The molecule has 0 aliphatic heterocycles. The van der Waals surface area contributed by atoms with Gasteiger partial charge in [-0.2, -0.15) is 5.10 Å². The van der Waals surface area contributed by atoms with Crippen LogP contribution < -0.4 is 10.1 Å². The van der Waals surface area contributed by atoms with Crippen LogP contribution in [-0.4, -0.2) is 16.8 Å². The average Bonchev–Trinajstić information content (AvgIpc) is 2.93. The number of nitrogens with one attached hydrogen (secondary N) is 1. The predicted octanol–water partition coefficient (Wildman–Crippen LogP) is 4.04. The molecule has 128 valence electrons. The molecule has 0 bridgehead atoms. The van der Waals surface area contributed by atoms with Crippen LogP contribution in [0.1, 0.15) is 37.9 Å². The maximum absolute atomic E-state index is 6.01. The molecular formula is C18H28ClN3O. The molecule has 0 spiro atoms. The quantitative estimate of drug-likeness (QED) is 0.750. The van der Waals surface area contributed by atoms with Crippen LogP contribution in [0.4, 0.5) is 0 Å². The van der Waals surface area contributed by atoms with Gasteiger partial charge < -0.3 is 10.1 Å². The molecular weight excluding hydrogens is 310 g/mol. The smallest absolute Gasteiger partial charge is 0.212 e. The van der Waals surface area contributed by atoms with E-state index in [0.29, 0.717) is 12.5 Å². The highest BCUT2D eigenvalue weighted by Crippen LogP contribution is 2.20. The van der Waals surface area contributed by atoms with E-state index in [1.807, 2.05) is 36.0 Å². The van der Waals surface area contributed by atoms with E-state index in [-0.39, 0.29) is 12.4 Å². The SMILES string of the molecule is CCC(CC)Cn1nc(CNC)cc1OCc1ccccc1.Cl. The van der Waals surface area contributed by atoms with Crippen molar-refractivity contribution in [2.75, 3.05) is 7.05 Å². The molecule has 0 unspecified atom stereocenters. The zero-order valence-electron chi connectivity index (χ0n) is 14.3. The Morgan fingerprint density at radius 2 is 1.87 bits per heavy atom. The molecule has 0 atom stereocenters. The highest BCUT2D eigenvalue weighted by atomic mass is 35.5. The normalized spacial score (nSPS) is 10.6. The summed E-state index contributed by atoms with van der Waals surface area (Å²) in [5, 5.41) is 7.83. The summed E-state index contributed by atoms with van der Waals surface area (Å²) in [5.74, 6) is 1.50. The Labute approximate surface area is 145 Å². The third-order valence-corrected chi connectivity index (χ3v) is 3.97. The fourth-order valence-corrected chi connectivity index (χ4v) is 2.49. The van der Waals surface area contributed by atoms with E-state index in [0.717, 1.165) is 37.5 Å². The van der Waals surface area contributed by atoms with E-state index < -0.39 is 0 Å². The summed E-state index contributed by atoms with van der Waals surface area (Å²) in [7, 11) is 1.93.